The minimum absolute atomic E-state index is 0.274. The number of hydrogen-bond donors (Lipinski definition) is 1. The molecule has 19 heavy (non-hydrogen) atoms. The first-order chi connectivity index (χ1) is 9.22. The molecule has 1 aromatic heterocycles. The Morgan fingerprint density at radius 2 is 2.05 bits per heavy atom. The molecule has 0 aliphatic heterocycles. The van der Waals surface area contributed by atoms with Gasteiger partial charge < -0.3 is 10.2 Å². The largest absolute Gasteiger partial charge is 0.326 e. The summed E-state index contributed by atoms with van der Waals surface area (Å²) < 4.78 is 13.7. The average molecular weight is 260 g/mol. The smallest absolute Gasteiger partial charge is 0.151 e. The summed E-state index contributed by atoms with van der Waals surface area (Å²) in [5, 5.41) is 3.19. The third kappa shape index (κ3) is 3.26. The number of anilines is 2. The van der Waals surface area contributed by atoms with Crippen LogP contribution in [-0.2, 0) is 6.54 Å². The predicted molar refractivity (Wildman–Crippen MR) is 73.9 cm³/mol. The number of aromatic nitrogens is 2. The van der Waals surface area contributed by atoms with Crippen LogP contribution in [0.25, 0.3) is 0 Å². The van der Waals surface area contributed by atoms with Crippen molar-refractivity contribution in [2.45, 2.75) is 13.5 Å². The van der Waals surface area contributed by atoms with Gasteiger partial charge in [-0.1, -0.05) is 19.1 Å². The summed E-state index contributed by atoms with van der Waals surface area (Å²) in [5.74, 6) is 0.351. The maximum absolute atomic E-state index is 13.7. The third-order valence-electron chi connectivity index (χ3n) is 2.79. The summed E-state index contributed by atoms with van der Waals surface area (Å²) in [6.45, 7) is 3.56. The molecule has 0 bridgehead atoms. The lowest BCUT2D eigenvalue weighted by Crippen LogP contribution is -2.17. The molecule has 1 N–H and O–H groups in total. The van der Waals surface area contributed by atoms with Crippen molar-refractivity contribution in [1.29, 1.82) is 0 Å². The van der Waals surface area contributed by atoms with Gasteiger partial charge in [-0.2, -0.15) is 0 Å². The van der Waals surface area contributed by atoms with E-state index in [0.717, 1.165) is 12.2 Å². The highest BCUT2D eigenvalue weighted by atomic mass is 19.1. The Kier molecular flexibility index (Phi) is 4.41. The average Bonchev–Trinajstić information content (AvgIpc) is 2.45. The van der Waals surface area contributed by atoms with Gasteiger partial charge in [0.25, 0.3) is 0 Å². The van der Waals surface area contributed by atoms with E-state index in [2.05, 4.69) is 15.3 Å². The molecule has 1 heterocycles. The molecule has 2 rings (SSSR count). The number of hydrogen-bond acceptors (Lipinski definition) is 4. The lowest BCUT2D eigenvalue weighted by molar-refractivity contribution is 0.627. The summed E-state index contributed by atoms with van der Waals surface area (Å²) in [4.78, 5) is 10.3. The highest BCUT2D eigenvalue weighted by Crippen LogP contribution is 2.23. The standard InChI is InChI=1S/C14H17FN4/c1-3-16-8-11-9-17-10-14(18-11)19(2)13-7-5-4-6-12(13)15/h4-7,9-10,16H,3,8H2,1-2H3. The molecule has 0 aliphatic carbocycles. The van der Waals surface area contributed by atoms with E-state index in [1.165, 1.54) is 6.07 Å². The lowest BCUT2D eigenvalue weighted by Gasteiger charge is -2.19. The van der Waals surface area contributed by atoms with Crippen molar-refractivity contribution in [3.05, 3.63) is 48.2 Å². The van der Waals surface area contributed by atoms with Crippen LogP contribution in [0, 0.1) is 5.82 Å². The zero-order valence-electron chi connectivity index (χ0n) is 11.1. The number of halogens is 1. The molecule has 0 atom stereocenters. The second-order valence-electron chi connectivity index (χ2n) is 4.16. The first-order valence-corrected chi connectivity index (χ1v) is 6.22. The Hall–Kier alpha value is -2.01. The Morgan fingerprint density at radius 3 is 2.79 bits per heavy atom. The van der Waals surface area contributed by atoms with Gasteiger partial charge >= 0.3 is 0 Å². The Balaban J connectivity index is 2.24. The van der Waals surface area contributed by atoms with Gasteiger partial charge in [-0.15, -0.1) is 0 Å². The van der Waals surface area contributed by atoms with Crippen molar-refractivity contribution in [3.8, 4) is 0 Å². The SMILES string of the molecule is CCNCc1cncc(N(C)c2ccccc2F)n1. The van der Waals surface area contributed by atoms with E-state index in [-0.39, 0.29) is 5.82 Å². The predicted octanol–water partition coefficient (Wildman–Crippen LogP) is 2.49. The van der Waals surface area contributed by atoms with E-state index in [1.807, 2.05) is 6.92 Å². The number of benzene rings is 1. The molecule has 0 unspecified atom stereocenters. The Morgan fingerprint density at radius 1 is 1.26 bits per heavy atom. The fourth-order valence-electron chi connectivity index (χ4n) is 1.74. The molecule has 1 aromatic carbocycles. The minimum Gasteiger partial charge on any atom is -0.326 e. The van der Waals surface area contributed by atoms with E-state index in [9.17, 15) is 4.39 Å². The summed E-state index contributed by atoms with van der Waals surface area (Å²) in [6, 6.07) is 6.61. The van der Waals surface area contributed by atoms with Gasteiger partial charge in [-0.3, -0.25) is 4.98 Å². The lowest BCUT2D eigenvalue weighted by atomic mass is 10.3. The van der Waals surface area contributed by atoms with Crippen LogP contribution >= 0.6 is 0 Å². The van der Waals surface area contributed by atoms with Gasteiger partial charge in [0.1, 0.15) is 5.82 Å². The third-order valence-corrected chi connectivity index (χ3v) is 2.79. The number of para-hydroxylation sites is 1. The zero-order chi connectivity index (χ0) is 13.7. The van der Waals surface area contributed by atoms with Crippen LogP contribution in [0.2, 0.25) is 0 Å². The second-order valence-corrected chi connectivity index (χ2v) is 4.16. The maximum atomic E-state index is 13.7. The van der Waals surface area contributed by atoms with Crippen LogP contribution in [0.1, 0.15) is 12.6 Å². The zero-order valence-corrected chi connectivity index (χ0v) is 11.1. The molecule has 4 nitrogen and oxygen atoms in total. The summed E-state index contributed by atoms with van der Waals surface area (Å²) in [5.41, 5.74) is 1.32. The van der Waals surface area contributed by atoms with E-state index in [1.54, 1.807) is 42.5 Å². The molecule has 100 valence electrons. The van der Waals surface area contributed by atoms with Gasteiger partial charge in [0, 0.05) is 19.8 Å². The summed E-state index contributed by atoms with van der Waals surface area (Å²) in [6.07, 6.45) is 3.34. The van der Waals surface area contributed by atoms with Crippen LogP contribution in [0.4, 0.5) is 15.9 Å². The summed E-state index contributed by atoms with van der Waals surface area (Å²) >= 11 is 0. The number of rotatable bonds is 5. The molecule has 0 spiro atoms. The first-order valence-electron chi connectivity index (χ1n) is 6.22. The fraction of sp³-hybridized carbons (Fsp3) is 0.286. The van der Waals surface area contributed by atoms with E-state index in [4.69, 9.17) is 0 Å². The van der Waals surface area contributed by atoms with Crippen molar-refractivity contribution in [2.75, 3.05) is 18.5 Å². The second kappa shape index (κ2) is 6.24. The van der Waals surface area contributed by atoms with E-state index in [0.29, 0.717) is 18.1 Å². The van der Waals surface area contributed by atoms with Gasteiger partial charge in [0.2, 0.25) is 0 Å². The fourth-order valence-corrected chi connectivity index (χ4v) is 1.74. The Bertz CT molecular complexity index is 544. The van der Waals surface area contributed by atoms with Crippen LogP contribution in [0.5, 0.6) is 0 Å². The van der Waals surface area contributed by atoms with E-state index >= 15 is 0 Å². The molecule has 2 aromatic rings. The quantitative estimate of drug-likeness (QED) is 0.896. The van der Waals surface area contributed by atoms with Crippen LogP contribution in [0.15, 0.2) is 36.7 Å². The molecule has 0 saturated heterocycles. The number of nitrogens with one attached hydrogen (secondary N) is 1. The van der Waals surface area contributed by atoms with Crippen molar-refractivity contribution in [3.63, 3.8) is 0 Å². The molecule has 5 heteroatoms. The molecule has 0 fully saturated rings. The normalized spacial score (nSPS) is 10.5. The van der Waals surface area contributed by atoms with Crippen molar-refractivity contribution in [1.82, 2.24) is 15.3 Å². The van der Waals surface area contributed by atoms with Crippen molar-refractivity contribution in [2.24, 2.45) is 0 Å². The van der Waals surface area contributed by atoms with Crippen molar-refractivity contribution < 1.29 is 4.39 Å². The van der Waals surface area contributed by atoms with E-state index < -0.39 is 0 Å². The van der Waals surface area contributed by atoms with Gasteiger partial charge in [0.15, 0.2) is 5.82 Å². The van der Waals surface area contributed by atoms with Crippen LogP contribution < -0.4 is 10.2 Å². The number of nitrogens with zero attached hydrogens (tertiary/aromatic N) is 3. The topological polar surface area (TPSA) is 41.1 Å². The molecular formula is C14H17FN4. The summed E-state index contributed by atoms with van der Waals surface area (Å²) in [7, 11) is 1.78. The van der Waals surface area contributed by atoms with Gasteiger partial charge in [-0.05, 0) is 18.7 Å². The molecule has 0 aliphatic rings. The van der Waals surface area contributed by atoms with Crippen molar-refractivity contribution >= 4 is 11.5 Å². The maximum Gasteiger partial charge on any atom is 0.151 e. The van der Waals surface area contributed by atoms with Crippen LogP contribution in [0.3, 0.4) is 0 Å². The van der Waals surface area contributed by atoms with Crippen LogP contribution in [-0.4, -0.2) is 23.6 Å². The van der Waals surface area contributed by atoms with Gasteiger partial charge in [-0.25, -0.2) is 9.37 Å². The van der Waals surface area contributed by atoms with Gasteiger partial charge in [0.05, 0.1) is 17.6 Å². The first kappa shape index (κ1) is 13.4. The highest BCUT2D eigenvalue weighted by molar-refractivity contribution is 5.58. The molecular weight excluding hydrogens is 243 g/mol. The molecule has 0 saturated carbocycles. The molecule has 0 amide bonds. The monoisotopic (exact) mass is 260 g/mol. The molecule has 0 radical (unpaired) electrons. The minimum atomic E-state index is -0.274. The highest BCUT2D eigenvalue weighted by Gasteiger charge is 2.10. The Labute approximate surface area is 112 Å².